The lowest BCUT2D eigenvalue weighted by Crippen LogP contribution is -2.45. The predicted octanol–water partition coefficient (Wildman–Crippen LogP) is 3.85. The molecule has 0 spiro atoms. The number of hydrogen-bond acceptors (Lipinski definition) is 6. The number of phenolic OH excluding ortho intramolecular Hbond substituents is 2. The van der Waals surface area contributed by atoms with Crippen LogP contribution < -0.4 is 16.0 Å². The average Bonchev–Trinajstić information content (AvgIpc) is 2.77. The van der Waals surface area contributed by atoms with Gasteiger partial charge in [-0.3, -0.25) is 9.59 Å². The number of aromatic hydroxyl groups is 2. The Balaban J connectivity index is 1.84. The van der Waals surface area contributed by atoms with Gasteiger partial charge in [0.2, 0.25) is 11.8 Å². The molecule has 0 bridgehead atoms. The first-order chi connectivity index (χ1) is 16.5. The van der Waals surface area contributed by atoms with E-state index in [1.54, 1.807) is 45.0 Å². The number of carbonyl (C=O) groups is 3. The number of hydrogen-bond donors (Lipinski definition) is 5. The van der Waals surface area contributed by atoms with Crippen molar-refractivity contribution in [3.05, 3.63) is 54.1 Å². The van der Waals surface area contributed by atoms with E-state index in [4.69, 9.17) is 4.74 Å². The number of ether oxygens (including phenoxy) is 1. The van der Waals surface area contributed by atoms with Gasteiger partial charge in [-0.25, -0.2) is 4.79 Å². The van der Waals surface area contributed by atoms with Crippen LogP contribution in [0.2, 0.25) is 0 Å². The maximum absolute atomic E-state index is 12.9. The predicted molar refractivity (Wildman–Crippen MR) is 133 cm³/mol. The second kappa shape index (κ2) is 13.2. The maximum atomic E-state index is 12.9. The Labute approximate surface area is 205 Å². The molecule has 0 aromatic heterocycles. The molecule has 0 heterocycles. The Morgan fingerprint density at radius 1 is 0.886 bits per heavy atom. The third-order valence-corrected chi connectivity index (χ3v) is 4.91. The van der Waals surface area contributed by atoms with Gasteiger partial charge in [0, 0.05) is 25.1 Å². The highest BCUT2D eigenvalue weighted by molar-refractivity contribution is 5.97. The molecule has 0 aliphatic rings. The highest BCUT2D eigenvalue weighted by atomic mass is 16.6. The lowest BCUT2D eigenvalue weighted by molar-refractivity contribution is -0.126. The molecule has 0 aliphatic carbocycles. The first-order valence-corrected chi connectivity index (χ1v) is 11.7. The molecule has 1 atom stereocenters. The number of anilines is 1. The SMILES string of the molecule is CC(C)(C)OC(=O)NCCCCCC(=O)N[C@@H](Cc1ccc(O)cc1)C(=O)Nc1ccc(O)cc1. The molecule has 0 radical (unpaired) electrons. The smallest absolute Gasteiger partial charge is 0.407 e. The quantitative estimate of drug-likeness (QED) is 0.242. The number of rotatable bonds is 11. The van der Waals surface area contributed by atoms with Gasteiger partial charge in [0.15, 0.2) is 0 Å². The van der Waals surface area contributed by atoms with Gasteiger partial charge in [0.1, 0.15) is 23.1 Å². The molecule has 0 saturated carbocycles. The number of nitrogens with one attached hydrogen (secondary N) is 3. The van der Waals surface area contributed by atoms with Crippen LogP contribution in [0.1, 0.15) is 52.0 Å². The van der Waals surface area contributed by atoms with Crippen molar-refractivity contribution in [2.45, 2.75) is 64.5 Å². The van der Waals surface area contributed by atoms with Gasteiger partial charge in [-0.2, -0.15) is 0 Å². The molecule has 9 nitrogen and oxygen atoms in total. The number of phenols is 2. The van der Waals surface area contributed by atoms with Gasteiger partial charge in [-0.1, -0.05) is 18.6 Å². The monoisotopic (exact) mass is 485 g/mol. The van der Waals surface area contributed by atoms with Gasteiger partial charge in [-0.05, 0) is 75.6 Å². The Bertz CT molecular complexity index is 968. The molecule has 2 aromatic carbocycles. The Hall–Kier alpha value is -3.75. The third kappa shape index (κ3) is 11.3. The molecular weight excluding hydrogens is 450 g/mol. The van der Waals surface area contributed by atoms with Crippen molar-refractivity contribution in [2.24, 2.45) is 0 Å². The summed E-state index contributed by atoms with van der Waals surface area (Å²) in [6.07, 6.45) is 2.05. The summed E-state index contributed by atoms with van der Waals surface area (Å²) in [6.45, 7) is 5.84. The van der Waals surface area contributed by atoms with Crippen molar-refractivity contribution in [2.75, 3.05) is 11.9 Å². The number of alkyl carbamates (subject to hydrolysis) is 1. The van der Waals surface area contributed by atoms with Crippen molar-refractivity contribution in [3.8, 4) is 11.5 Å². The molecule has 190 valence electrons. The highest BCUT2D eigenvalue weighted by Gasteiger charge is 2.21. The minimum absolute atomic E-state index is 0.0817. The van der Waals surface area contributed by atoms with Crippen molar-refractivity contribution in [1.29, 1.82) is 0 Å². The summed E-state index contributed by atoms with van der Waals surface area (Å²) in [4.78, 5) is 37.1. The summed E-state index contributed by atoms with van der Waals surface area (Å²) in [5.41, 5.74) is 0.727. The molecule has 0 fully saturated rings. The molecule has 0 saturated heterocycles. The molecule has 35 heavy (non-hydrogen) atoms. The van der Waals surface area contributed by atoms with Gasteiger partial charge in [0.05, 0.1) is 0 Å². The second-order valence-corrected chi connectivity index (χ2v) is 9.27. The summed E-state index contributed by atoms with van der Waals surface area (Å²) in [5, 5.41) is 27.2. The van der Waals surface area contributed by atoms with Crippen molar-refractivity contribution < 1.29 is 29.3 Å². The first-order valence-electron chi connectivity index (χ1n) is 11.7. The molecule has 9 heteroatoms. The van der Waals surface area contributed by atoms with Crippen LogP contribution in [0, 0.1) is 0 Å². The van der Waals surface area contributed by atoms with Crippen LogP contribution in [0.25, 0.3) is 0 Å². The summed E-state index contributed by atoms with van der Waals surface area (Å²) < 4.78 is 5.17. The molecule has 0 unspecified atom stereocenters. The van der Waals surface area contributed by atoms with Crippen LogP contribution >= 0.6 is 0 Å². The summed E-state index contributed by atoms with van der Waals surface area (Å²) in [7, 11) is 0. The van der Waals surface area contributed by atoms with Crippen LogP contribution in [0.15, 0.2) is 48.5 Å². The maximum Gasteiger partial charge on any atom is 0.407 e. The average molecular weight is 486 g/mol. The Morgan fingerprint density at radius 3 is 2.09 bits per heavy atom. The molecule has 0 aliphatic heterocycles. The zero-order valence-electron chi connectivity index (χ0n) is 20.5. The summed E-state index contributed by atoms with van der Waals surface area (Å²) in [5.74, 6) is -0.448. The highest BCUT2D eigenvalue weighted by Crippen LogP contribution is 2.16. The van der Waals surface area contributed by atoms with E-state index in [1.807, 2.05) is 0 Å². The van der Waals surface area contributed by atoms with Crippen LogP contribution in [0.3, 0.4) is 0 Å². The van der Waals surface area contributed by atoms with E-state index in [0.29, 0.717) is 25.1 Å². The first kappa shape index (κ1) is 27.5. The topological polar surface area (TPSA) is 137 Å². The number of benzene rings is 2. The van der Waals surface area contributed by atoms with E-state index in [2.05, 4.69) is 16.0 Å². The zero-order valence-corrected chi connectivity index (χ0v) is 20.5. The molecule has 3 amide bonds. The Morgan fingerprint density at radius 2 is 1.49 bits per heavy atom. The van der Waals surface area contributed by atoms with Gasteiger partial charge in [0.25, 0.3) is 0 Å². The van der Waals surface area contributed by atoms with E-state index in [1.165, 1.54) is 24.3 Å². The lowest BCUT2D eigenvalue weighted by Gasteiger charge is -2.19. The summed E-state index contributed by atoms with van der Waals surface area (Å²) >= 11 is 0. The minimum atomic E-state index is -0.824. The number of amides is 3. The molecule has 2 rings (SSSR count). The molecular formula is C26H35N3O6. The van der Waals surface area contributed by atoms with Crippen LogP contribution in [-0.4, -0.2) is 46.3 Å². The number of carbonyl (C=O) groups excluding carboxylic acids is 3. The zero-order chi connectivity index (χ0) is 25.8. The van der Waals surface area contributed by atoms with Crippen molar-refractivity contribution in [3.63, 3.8) is 0 Å². The fourth-order valence-electron chi connectivity index (χ4n) is 3.21. The van der Waals surface area contributed by atoms with Crippen molar-refractivity contribution >= 4 is 23.6 Å². The van der Waals surface area contributed by atoms with E-state index in [0.717, 1.165) is 12.0 Å². The van der Waals surface area contributed by atoms with Gasteiger partial charge < -0.3 is 30.9 Å². The molecule has 2 aromatic rings. The second-order valence-electron chi connectivity index (χ2n) is 9.27. The minimum Gasteiger partial charge on any atom is -0.508 e. The largest absolute Gasteiger partial charge is 0.508 e. The van der Waals surface area contributed by atoms with E-state index >= 15 is 0 Å². The molecule has 5 N–H and O–H groups in total. The van der Waals surface area contributed by atoms with Gasteiger partial charge >= 0.3 is 6.09 Å². The van der Waals surface area contributed by atoms with Crippen LogP contribution in [0.5, 0.6) is 11.5 Å². The van der Waals surface area contributed by atoms with E-state index in [9.17, 15) is 24.6 Å². The fraction of sp³-hybridized carbons (Fsp3) is 0.423. The normalized spacial score (nSPS) is 11.9. The van der Waals surface area contributed by atoms with Crippen molar-refractivity contribution in [1.82, 2.24) is 10.6 Å². The van der Waals surface area contributed by atoms with E-state index in [-0.39, 0.29) is 30.2 Å². The number of unbranched alkanes of at least 4 members (excludes halogenated alkanes) is 2. The standard InChI is InChI=1S/C26H35N3O6/c1-26(2,3)35-25(34)27-16-6-4-5-7-23(32)29-22(17-18-8-12-20(30)13-9-18)24(33)28-19-10-14-21(31)15-11-19/h8-15,22,30-31H,4-7,16-17H2,1-3H3,(H,27,34)(H,28,33)(H,29,32)/t22-/m0/s1. The van der Waals surface area contributed by atoms with Gasteiger partial charge in [-0.15, -0.1) is 0 Å². The lowest BCUT2D eigenvalue weighted by atomic mass is 10.0. The third-order valence-electron chi connectivity index (χ3n) is 4.91. The fourth-order valence-corrected chi connectivity index (χ4v) is 3.21. The van der Waals surface area contributed by atoms with Crippen LogP contribution in [0.4, 0.5) is 10.5 Å². The summed E-state index contributed by atoms with van der Waals surface area (Å²) in [6, 6.07) is 11.7. The Kier molecular flexibility index (Phi) is 10.4. The van der Waals surface area contributed by atoms with Crippen LogP contribution in [-0.2, 0) is 20.7 Å². The van der Waals surface area contributed by atoms with E-state index < -0.39 is 23.6 Å².